The standard InChI is InChI=1S/C16H22N4O/c1-16(2)12-20(10-9-19(16)3)15(21)14-6-8-18-11-13(14)5-4-7-17/h6,8,11H,7,9-10,12,17H2,1-3H3. The molecular weight excluding hydrogens is 264 g/mol. The Morgan fingerprint density at radius 3 is 2.90 bits per heavy atom. The van der Waals surface area contributed by atoms with Gasteiger partial charge < -0.3 is 10.6 Å². The van der Waals surface area contributed by atoms with E-state index in [1.165, 1.54) is 0 Å². The van der Waals surface area contributed by atoms with Gasteiger partial charge in [0, 0.05) is 37.6 Å². The van der Waals surface area contributed by atoms with Crippen LogP contribution in [0.3, 0.4) is 0 Å². The smallest absolute Gasteiger partial charge is 0.255 e. The Kier molecular flexibility index (Phi) is 4.61. The molecule has 1 aromatic heterocycles. The van der Waals surface area contributed by atoms with Gasteiger partial charge in [-0.1, -0.05) is 11.8 Å². The van der Waals surface area contributed by atoms with Gasteiger partial charge in [-0.3, -0.25) is 14.7 Å². The maximum atomic E-state index is 12.8. The van der Waals surface area contributed by atoms with Gasteiger partial charge in [0.05, 0.1) is 17.7 Å². The van der Waals surface area contributed by atoms with Gasteiger partial charge in [-0.15, -0.1) is 0 Å². The van der Waals surface area contributed by atoms with Crippen molar-refractivity contribution in [1.29, 1.82) is 0 Å². The second-order valence-corrected chi connectivity index (χ2v) is 5.89. The first-order chi connectivity index (χ1) is 9.95. The molecule has 0 saturated carbocycles. The Bertz CT molecular complexity index is 585. The Hall–Kier alpha value is -1.90. The summed E-state index contributed by atoms with van der Waals surface area (Å²) in [6.45, 7) is 6.86. The van der Waals surface area contributed by atoms with Gasteiger partial charge in [0.15, 0.2) is 0 Å². The number of amides is 1. The van der Waals surface area contributed by atoms with Crippen molar-refractivity contribution < 1.29 is 4.79 Å². The monoisotopic (exact) mass is 286 g/mol. The Balaban J connectivity index is 2.25. The van der Waals surface area contributed by atoms with E-state index in [-0.39, 0.29) is 18.0 Å². The molecule has 0 radical (unpaired) electrons. The van der Waals surface area contributed by atoms with E-state index in [9.17, 15) is 4.79 Å². The van der Waals surface area contributed by atoms with Crippen LogP contribution in [0.15, 0.2) is 18.5 Å². The summed E-state index contributed by atoms with van der Waals surface area (Å²) in [5.74, 6) is 5.73. The lowest BCUT2D eigenvalue weighted by atomic mass is 9.98. The number of pyridine rings is 1. The topological polar surface area (TPSA) is 62.5 Å². The molecule has 0 atom stereocenters. The van der Waals surface area contributed by atoms with Crippen molar-refractivity contribution in [2.75, 3.05) is 33.2 Å². The number of nitrogens with two attached hydrogens (primary N) is 1. The molecule has 1 saturated heterocycles. The summed E-state index contributed by atoms with van der Waals surface area (Å²) in [5.41, 5.74) is 6.62. The Morgan fingerprint density at radius 1 is 1.48 bits per heavy atom. The third kappa shape index (κ3) is 3.41. The largest absolute Gasteiger partial charge is 0.335 e. The van der Waals surface area contributed by atoms with Crippen molar-refractivity contribution in [3.05, 3.63) is 29.6 Å². The van der Waals surface area contributed by atoms with Crippen molar-refractivity contribution in [3.8, 4) is 11.8 Å². The zero-order valence-corrected chi connectivity index (χ0v) is 12.9. The number of carbonyl (C=O) groups is 1. The lowest BCUT2D eigenvalue weighted by Crippen LogP contribution is -2.58. The van der Waals surface area contributed by atoms with Crippen LogP contribution in [0.2, 0.25) is 0 Å². The van der Waals surface area contributed by atoms with Crippen LogP contribution in [-0.4, -0.2) is 59.5 Å². The Labute approximate surface area is 126 Å². The first-order valence-electron chi connectivity index (χ1n) is 7.09. The molecule has 1 aliphatic heterocycles. The predicted octanol–water partition coefficient (Wildman–Crippen LogP) is 0.558. The molecular formula is C16H22N4O. The van der Waals surface area contributed by atoms with Gasteiger partial charge in [-0.2, -0.15) is 0 Å². The third-order valence-electron chi connectivity index (χ3n) is 3.98. The number of rotatable bonds is 1. The van der Waals surface area contributed by atoms with Crippen LogP contribution in [0.1, 0.15) is 29.8 Å². The zero-order chi connectivity index (χ0) is 15.5. The first-order valence-corrected chi connectivity index (χ1v) is 7.09. The van der Waals surface area contributed by atoms with Crippen LogP contribution in [0, 0.1) is 11.8 Å². The molecule has 0 spiro atoms. The fourth-order valence-electron chi connectivity index (χ4n) is 2.41. The highest BCUT2D eigenvalue weighted by atomic mass is 16.2. The van der Waals surface area contributed by atoms with Gasteiger partial charge in [0.1, 0.15) is 0 Å². The summed E-state index contributed by atoms with van der Waals surface area (Å²) in [5, 5.41) is 0. The van der Waals surface area contributed by atoms with E-state index in [2.05, 4.69) is 42.6 Å². The van der Waals surface area contributed by atoms with Crippen LogP contribution < -0.4 is 5.73 Å². The van der Waals surface area contributed by atoms with E-state index in [1.54, 1.807) is 18.5 Å². The Morgan fingerprint density at radius 2 is 2.24 bits per heavy atom. The number of piperazine rings is 1. The number of nitrogens with zero attached hydrogens (tertiary/aromatic N) is 3. The highest BCUT2D eigenvalue weighted by Crippen LogP contribution is 2.21. The van der Waals surface area contributed by atoms with E-state index in [1.807, 2.05) is 4.90 Å². The van der Waals surface area contributed by atoms with Gasteiger partial charge in [-0.05, 0) is 27.0 Å². The molecule has 2 N–H and O–H groups in total. The zero-order valence-electron chi connectivity index (χ0n) is 12.9. The fraction of sp³-hybridized carbons (Fsp3) is 0.500. The maximum Gasteiger partial charge on any atom is 0.255 e. The highest BCUT2D eigenvalue weighted by Gasteiger charge is 2.33. The summed E-state index contributed by atoms with van der Waals surface area (Å²) in [6, 6.07) is 1.73. The quantitative estimate of drug-likeness (QED) is 0.766. The predicted molar refractivity (Wildman–Crippen MR) is 82.8 cm³/mol. The molecule has 0 unspecified atom stereocenters. The van der Waals surface area contributed by atoms with Crippen molar-refractivity contribution in [1.82, 2.24) is 14.8 Å². The molecule has 21 heavy (non-hydrogen) atoms. The van der Waals surface area contributed by atoms with E-state index < -0.39 is 0 Å². The van der Waals surface area contributed by atoms with E-state index in [0.29, 0.717) is 17.7 Å². The lowest BCUT2D eigenvalue weighted by Gasteiger charge is -2.45. The summed E-state index contributed by atoms with van der Waals surface area (Å²) < 4.78 is 0. The molecule has 0 aromatic carbocycles. The summed E-state index contributed by atoms with van der Waals surface area (Å²) >= 11 is 0. The van der Waals surface area contributed by atoms with Crippen molar-refractivity contribution in [2.24, 2.45) is 5.73 Å². The van der Waals surface area contributed by atoms with Crippen molar-refractivity contribution >= 4 is 5.91 Å². The van der Waals surface area contributed by atoms with Crippen LogP contribution >= 0.6 is 0 Å². The minimum atomic E-state index is -0.0238. The van der Waals surface area contributed by atoms with Crippen LogP contribution in [0.5, 0.6) is 0 Å². The average Bonchev–Trinajstić information content (AvgIpc) is 2.47. The maximum absolute atomic E-state index is 12.8. The number of hydrogen-bond acceptors (Lipinski definition) is 4. The minimum absolute atomic E-state index is 0.0138. The second kappa shape index (κ2) is 6.25. The van der Waals surface area contributed by atoms with Crippen LogP contribution in [-0.2, 0) is 0 Å². The fourth-order valence-corrected chi connectivity index (χ4v) is 2.41. The van der Waals surface area contributed by atoms with Gasteiger partial charge in [0.2, 0.25) is 0 Å². The highest BCUT2D eigenvalue weighted by molar-refractivity contribution is 5.96. The van der Waals surface area contributed by atoms with Gasteiger partial charge in [0.25, 0.3) is 5.91 Å². The van der Waals surface area contributed by atoms with Crippen LogP contribution in [0.25, 0.3) is 0 Å². The molecule has 1 aromatic rings. The normalized spacial score (nSPS) is 18.0. The molecule has 112 valence electrons. The first kappa shape index (κ1) is 15.5. The van der Waals surface area contributed by atoms with Gasteiger partial charge in [-0.25, -0.2) is 0 Å². The molecule has 2 heterocycles. The van der Waals surface area contributed by atoms with E-state index >= 15 is 0 Å². The summed E-state index contributed by atoms with van der Waals surface area (Å²) in [4.78, 5) is 21.0. The molecule has 0 bridgehead atoms. The summed E-state index contributed by atoms with van der Waals surface area (Å²) in [6.07, 6.45) is 3.25. The SMILES string of the molecule is CN1CCN(C(=O)c2ccncc2C#CCN)CC1(C)C. The third-order valence-corrected chi connectivity index (χ3v) is 3.98. The molecule has 5 heteroatoms. The number of hydrogen-bond donors (Lipinski definition) is 1. The van der Waals surface area contributed by atoms with Gasteiger partial charge >= 0.3 is 0 Å². The van der Waals surface area contributed by atoms with E-state index in [0.717, 1.165) is 13.1 Å². The number of likely N-dealkylation sites (N-methyl/N-ethyl adjacent to an activating group) is 1. The molecule has 0 aliphatic carbocycles. The lowest BCUT2D eigenvalue weighted by molar-refractivity contribution is 0.0311. The molecule has 1 aliphatic rings. The molecule has 1 fully saturated rings. The van der Waals surface area contributed by atoms with Crippen molar-refractivity contribution in [3.63, 3.8) is 0 Å². The van der Waals surface area contributed by atoms with E-state index in [4.69, 9.17) is 5.73 Å². The molecule has 5 nitrogen and oxygen atoms in total. The molecule has 2 rings (SSSR count). The minimum Gasteiger partial charge on any atom is -0.335 e. The number of carbonyl (C=O) groups excluding carboxylic acids is 1. The average molecular weight is 286 g/mol. The van der Waals surface area contributed by atoms with Crippen molar-refractivity contribution in [2.45, 2.75) is 19.4 Å². The summed E-state index contributed by atoms with van der Waals surface area (Å²) in [7, 11) is 2.09. The van der Waals surface area contributed by atoms with Crippen LogP contribution in [0.4, 0.5) is 0 Å². The number of aromatic nitrogens is 1. The molecule has 1 amide bonds. The second-order valence-electron chi connectivity index (χ2n) is 5.89.